The third-order valence-electron chi connectivity index (χ3n) is 2.29. The van der Waals surface area contributed by atoms with E-state index in [0.717, 1.165) is 0 Å². The molecule has 0 aliphatic carbocycles. The van der Waals surface area contributed by atoms with Crippen LogP contribution in [0.15, 0.2) is 72.8 Å². The van der Waals surface area contributed by atoms with E-state index in [0.29, 0.717) is 15.8 Å². The molecule has 0 radical (unpaired) electrons. The van der Waals surface area contributed by atoms with Crippen LogP contribution in [0.3, 0.4) is 0 Å². The number of hydrogen-bond acceptors (Lipinski definition) is 0. The first-order valence-electron chi connectivity index (χ1n) is 8.08. The molecule has 2 aromatic carbocycles. The van der Waals surface area contributed by atoms with Crippen molar-refractivity contribution in [1.29, 1.82) is 0 Å². The molecule has 5 heteroatoms. The molecule has 0 bridgehead atoms. The van der Waals surface area contributed by atoms with Crippen LogP contribution in [0.2, 0.25) is 0 Å². The smallest absolute Gasteiger partial charge is 1.00 e. The summed E-state index contributed by atoms with van der Waals surface area (Å²) < 4.78 is 0. The van der Waals surface area contributed by atoms with Gasteiger partial charge >= 0.3 is 26.2 Å². The van der Waals surface area contributed by atoms with Gasteiger partial charge in [0, 0.05) is 0 Å². The average Bonchev–Trinajstić information content (AvgIpc) is 2.53. The molecule has 0 saturated heterocycles. The first-order valence-corrected chi connectivity index (χ1v) is 13.4. The van der Waals surface area contributed by atoms with Crippen LogP contribution in [0.5, 0.6) is 0 Å². The standard InChI is InChI=1S/C16H14.2C3H9P.2ClH.Zr/c1-3-9-15(10-4-1)13-7-8-14-16-11-5-2-6-12-16;2*1-4(2)3;;;/h1-14H;2*1-3H3;2*1H;/q;;;;;+2/p-2. The number of allylic oxidation sites excluding steroid dienone is 2. The van der Waals surface area contributed by atoms with E-state index in [2.05, 4.69) is 88.6 Å². The molecule has 0 heterocycles. The van der Waals surface area contributed by atoms with E-state index in [9.17, 15) is 0 Å². The zero-order chi connectivity index (χ0) is 18.2. The summed E-state index contributed by atoms with van der Waals surface area (Å²) in [5, 5.41) is 0. The Morgan fingerprint density at radius 1 is 0.519 bits per heavy atom. The van der Waals surface area contributed by atoms with E-state index in [-0.39, 0.29) is 51.0 Å². The van der Waals surface area contributed by atoms with Crippen LogP contribution in [0.1, 0.15) is 11.1 Å². The Bertz CT molecular complexity index is 512. The van der Waals surface area contributed by atoms with Crippen molar-refractivity contribution < 1.29 is 51.0 Å². The van der Waals surface area contributed by atoms with Crippen molar-refractivity contribution in [3.63, 3.8) is 0 Å². The summed E-state index contributed by atoms with van der Waals surface area (Å²) in [5.41, 5.74) is 2.44. The molecule has 0 unspecified atom stereocenters. The molecule has 2 rings (SSSR count). The van der Waals surface area contributed by atoms with Gasteiger partial charge < -0.3 is 24.8 Å². The summed E-state index contributed by atoms with van der Waals surface area (Å²) >= 11 is 0. The molecule has 0 fully saturated rings. The second kappa shape index (κ2) is 24.3. The maximum Gasteiger partial charge on any atom is 2.00 e. The van der Waals surface area contributed by atoms with Crippen LogP contribution in [0.25, 0.3) is 12.2 Å². The number of hydrogen-bond donors (Lipinski definition) is 0. The molecule has 148 valence electrons. The normalized spacial score (nSPS) is 9.33. The van der Waals surface area contributed by atoms with Crippen molar-refractivity contribution in [3.05, 3.63) is 83.9 Å². The van der Waals surface area contributed by atoms with Crippen molar-refractivity contribution >= 4 is 28.0 Å². The summed E-state index contributed by atoms with van der Waals surface area (Å²) in [4.78, 5) is 0. The summed E-state index contributed by atoms with van der Waals surface area (Å²) in [6.07, 6.45) is 8.31. The number of rotatable bonds is 3. The van der Waals surface area contributed by atoms with Crippen LogP contribution in [-0.4, -0.2) is 40.0 Å². The van der Waals surface area contributed by atoms with Gasteiger partial charge in [-0.15, -0.1) is 15.8 Å². The molecule has 0 aliphatic rings. The average molecular weight is 521 g/mol. The molecule has 0 aromatic heterocycles. The Morgan fingerprint density at radius 2 is 0.741 bits per heavy atom. The van der Waals surface area contributed by atoms with Gasteiger partial charge in [-0.2, -0.15) is 0 Å². The Morgan fingerprint density at radius 3 is 0.963 bits per heavy atom. The molecule has 0 spiro atoms. The minimum atomic E-state index is 0. The van der Waals surface area contributed by atoms with E-state index >= 15 is 0 Å². The first kappa shape index (κ1) is 34.7. The van der Waals surface area contributed by atoms with Crippen LogP contribution < -0.4 is 24.8 Å². The zero-order valence-electron chi connectivity index (χ0n) is 17.2. The predicted octanol–water partition coefficient (Wildman–Crippen LogP) is 1.13. The maximum atomic E-state index is 2.23. The second-order valence-corrected chi connectivity index (χ2v) is 11.6. The van der Waals surface area contributed by atoms with Gasteiger partial charge in [0.2, 0.25) is 0 Å². The fraction of sp³-hybridized carbons (Fsp3) is 0.273. The molecule has 2 aromatic rings. The summed E-state index contributed by atoms with van der Waals surface area (Å²) in [6, 6.07) is 20.6. The summed E-state index contributed by atoms with van der Waals surface area (Å²) in [5.74, 6) is 0. The van der Waals surface area contributed by atoms with Gasteiger partial charge in [0.25, 0.3) is 0 Å². The van der Waals surface area contributed by atoms with Crippen LogP contribution in [0.4, 0.5) is 0 Å². The number of halogens is 2. The first-order chi connectivity index (χ1) is 11.4. The summed E-state index contributed by atoms with van der Waals surface area (Å²) in [7, 11) is 0.759. The molecule has 0 aliphatic heterocycles. The molecule has 0 atom stereocenters. The second-order valence-electron chi connectivity index (χ2n) is 6.22. The van der Waals surface area contributed by atoms with Crippen LogP contribution >= 0.6 is 15.8 Å². The number of benzene rings is 2. The Labute approximate surface area is 201 Å². The largest absolute Gasteiger partial charge is 2.00 e. The maximum absolute atomic E-state index is 2.23. The molecule has 27 heavy (non-hydrogen) atoms. The van der Waals surface area contributed by atoms with Crippen molar-refractivity contribution in [2.24, 2.45) is 0 Å². The molecular weight excluding hydrogens is 488 g/mol. The van der Waals surface area contributed by atoms with Gasteiger partial charge in [0.15, 0.2) is 0 Å². The Balaban J connectivity index is -0.000000208. The van der Waals surface area contributed by atoms with Crippen molar-refractivity contribution in [2.75, 3.05) is 40.0 Å². The molecule has 0 N–H and O–H groups in total. The molecular formula is C22H32Cl2P2Zr. The third kappa shape index (κ3) is 28.5. The topological polar surface area (TPSA) is 0 Å². The monoisotopic (exact) mass is 518 g/mol. The zero-order valence-corrected chi connectivity index (χ0v) is 23.0. The minimum Gasteiger partial charge on any atom is -1.00 e. The molecule has 0 amide bonds. The van der Waals surface area contributed by atoms with E-state index in [1.165, 1.54) is 11.1 Å². The predicted molar refractivity (Wildman–Crippen MR) is 120 cm³/mol. The minimum absolute atomic E-state index is 0. The van der Waals surface area contributed by atoms with E-state index in [4.69, 9.17) is 0 Å². The quantitative estimate of drug-likeness (QED) is 0.421. The van der Waals surface area contributed by atoms with Crippen LogP contribution in [0, 0.1) is 0 Å². The van der Waals surface area contributed by atoms with Gasteiger partial charge in [0.1, 0.15) is 0 Å². The van der Waals surface area contributed by atoms with Gasteiger partial charge in [-0.3, -0.25) is 0 Å². The Kier molecular flexibility index (Phi) is 31.2. The third-order valence-corrected chi connectivity index (χ3v) is 2.29. The molecule has 0 saturated carbocycles. The van der Waals surface area contributed by atoms with Gasteiger partial charge in [-0.05, 0) is 51.1 Å². The Hall–Kier alpha value is 0.243. The van der Waals surface area contributed by atoms with Crippen molar-refractivity contribution in [3.8, 4) is 0 Å². The SMILES string of the molecule is C(C=Cc1ccccc1)=Cc1ccccc1.CP(C)C.CP(C)C.[Cl-].[Cl-].[Zr+2]. The van der Waals surface area contributed by atoms with Gasteiger partial charge in [0.05, 0.1) is 0 Å². The fourth-order valence-corrected chi connectivity index (χ4v) is 1.46. The van der Waals surface area contributed by atoms with Gasteiger partial charge in [-0.25, -0.2) is 0 Å². The van der Waals surface area contributed by atoms with Crippen molar-refractivity contribution in [1.82, 2.24) is 0 Å². The van der Waals surface area contributed by atoms with E-state index in [1.807, 2.05) is 36.4 Å². The van der Waals surface area contributed by atoms with E-state index in [1.54, 1.807) is 0 Å². The fourth-order valence-electron chi connectivity index (χ4n) is 1.46. The van der Waals surface area contributed by atoms with E-state index < -0.39 is 0 Å². The van der Waals surface area contributed by atoms with Crippen LogP contribution in [-0.2, 0) is 26.2 Å². The van der Waals surface area contributed by atoms with Crippen molar-refractivity contribution in [2.45, 2.75) is 0 Å². The van der Waals surface area contributed by atoms with Gasteiger partial charge in [-0.1, -0.05) is 85.0 Å². The summed E-state index contributed by atoms with van der Waals surface area (Å²) in [6.45, 7) is 13.4. The molecule has 0 nitrogen and oxygen atoms in total.